The molecular weight excluding hydrogens is 494 g/mol. The van der Waals surface area contributed by atoms with Gasteiger partial charge in [-0.1, -0.05) is 96.1 Å². The van der Waals surface area contributed by atoms with Gasteiger partial charge in [-0.2, -0.15) is 0 Å². The minimum absolute atomic E-state index is 0.000144. The molecule has 7 heteroatoms. The van der Waals surface area contributed by atoms with E-state index in [1.807, 2.05) is 0 Å². The zero-order valence-electron chi connectivity index (χ0n) is 25.8. The number of hydrogen-bond acceptors (Lipinski definition) is 6. The number of unbranched alkanes of at least 4 members (excludes halogenated alkanes) is 15. The molecule has 7 nitrogen and oxygen atoms in total. The summed E-state index contributed by atoms with van der Waals surface area (Å²) >= 11 is 0. The van der Waals surface area contributed by atoms with Gasteiger partial charge in [0.15, 0.2) is 0 Å². The molecule has 0 aromatic rings. The number of nitrogens with zero attached hydrogens (tertiary/aromatic N) is 1. The maximum atomic E-state index is 11.9. The van der Waals surface area contributed by atoms with Gasteiger partial charge in [-0.15, -0.1) is 0 Å². The molecule has 0 aliphatic heterocycles. The van der Waals surface area contributed by atoms with Gasteiger partial charge in [0, 0.05) is 12.8 Å². The topological polar surface area (TPSA) is 95.9 Å². The molecule has 2 atom stereocenters. The van der Waals surface area contributed by atoms with E-state index in [0.29, 0.717) is 6.42 Å². The van der Waals surface area contributed by atoms with Crippen LogP contribution in [-0.4, -0.2) is 74.6 Å². The van der Waals surface area contributed by atoms with Crippen LogP contribution in [0, 0.1) is 0 Å². The van der Waals surface area contributed by atoms with Gasteiger partial charge in [0.05, 0.1) is 40.3 Å². The lowest BCUT2D eigenvalue weighted by Gasteiger charge is -2.34. The molecule has 0 spiro atoms. The molecule has 0 saturated heterocycles. The second-order valence-electron chi connectivity index (χ2n) is 11.9. The first kappa shape index (κ1) is 37.6. The fraction of sp³-hybridized carbons (Fsp3) is 0.875. The number of aliphatic carboxylic acids is 1. The average Bonchev–Trinajstić information content (AvgIpc) is 2.87. The number of aliphatic hydroxyl groups excluding tert-OH is 1. The van der Waals surface area contributed by atoms with E-state index < -0.39 is 18.1 Å². The Hall–Kier alpha value is -1.44. The summed E-state index contributed by atoms with van der Waals surface area (Å²) in [6.45, 7) is 2.35. The molecule has 0 radical (unpaired) electrons. The van der Waals surface area contributed by atoms with Crippen LogP contribution < -0.4 is 5.11 Å². The number of rotatable bonds is 28. The Balaban J connectivity index is 3.48. The maximum Gasteiger partial charge on any atom is 0.305 e. The van der Waals surface area contributed by atoms with Crippen LogP contribution in [0.4, 0.5) is 0 Å². The van der Waals surface area contributed by atoms with Crippen LogP contribution in [0.1, 0.15) is 129 Å². The van der Waals surface area contributed by atoms with E-state index in [-0.39, 0.29) is 36.7 Å². The number of carbonyl (C=O) groups excluding carboxylic acids is 2. The third-order valence-electron chi connectivity index (χ3n) is 7.13. The van der Waals surface area contributed by atoms with Crippen molar-refractivity contribution < 1.29 is 33.8 Å². The maximum absolute atomic E-state index is 11.9. The second-order valence-corrected chi connectivity index (χ2v) is 11.9. The monoisotopic (exact) mass is 555 g/mol. The van der Waals surface area contributed by atoms with Crippen molar-refractivity contribution in [2.24, 2.45) is 0 Å². The van der Waals surface area contributed by atoms with Crippen LogP contribution in [0.5, 0.6) is 0 Å². The fourth-order valence-electron chi connectivity index (χ4n) is 4.59. The van der Waals surface area contributed by atoms with Crippen LogP contribution in [-0.2, 0) is 19.1 Å². The summed E-state index contributed by atoms with van der Waals surface area (Å²) in [5.74, 6) is -1.41. The highest BCUT2D eigenvalue weighted by atomic mass is 16.5. The third kappa shape index (κ3) is 25.3. The van der Waals surface area contributed by atoms with Crippen molar-refractivity contribution in [3.63, 3.8) is 0 Å². The fourth-order valence-corrected chi connectivity index (χ4v) is 4.59. The van der Waals surface area contributed by atoms with Crippen molar-refractivity contribution in [3.05, 3.63) is 12.2 Å². The molecule has 0 amide bonds. The van der Waals surface area contributed by atoms with E-state index in [1.54, 1.807) is 21.1 Å². The normalized spacial score (nSPS) is 13.6. The molecule has 0 fully saturated rings. The molecule has 0 bridgehead atoms. The molecule has 1 N–H and O–H groups in total. The Morgan fingerprint density at radius 1 is 0.769 bits per heavy atom. The van der Waals surface area contributed by atoms with Crippen molar-refractivity contribution >= 4 is 11.9 Å². The van der Waals surface area contributed by atoms with Crippen molar-refractivity contribution in [1.82, 2.24) is 0 Å². The van der Waals surface area contributed by atoms with Crippen LogP contribution in [0.2, 0.25) is 0 Å². The minimum atomic E-state index is -1.12. The van der Waals surface area contributed by atoms with Crippen LogP contribution in [0.25, 0.3) is 0 Å². The quantitative estimate of drug-likeness (QED) is 0.0574. The molecule has 0 aliphatic rings. The van der Waals surface area contributed by atoms with Crippen LogP contribution >= 0.6 is 0 Å². The number of carbonyl (C=O) groups is 2. The van der Waals surface area contributed by atoms with Gasteiger partial charge in [-0.05, 0) is 32.1 Å². The molecule has 0 heterocycles. The summed E-state index contributed by atoms with van der Waals surface area (Å²) in [6.07, 6.45) is 25.9. The molecule has 0 aromatic heterocycles. The summed E-state index contributed by atoms with van der Waals surface area (Å²) in [4.78, 5) is 23.1. The smallest absolute Gasteiger partial charge is 0.305 e. The largest absolute Gasteiger partial charge is 0.544 e. The van der Waals surface area contributed by atoms with E-state index in [2.05, 4.69) is 19.1 Å². The van der Waals surface area contributed by atoms with E-state index in [4.69, 9.17) is 9.47 Å². The number of aliphatic hydroxyl groups is 1. The summed E-state index contributed by atoms with van der Waals surface area (Å²) < 4.78 is 10.7. The van der Waals surface area contributed by atoms with Gasteiger partial charge in [0.2, 0.25) is 0 Å². The minimum Gasteiger partial charge on any atom is -0.544 e. The average molecular weight is 556 g/mol. The van der Waals surface area contributed by atoms with Gasteiger partial charge >= 0.3 is 5.97 Å². The highest BCUT2D eigenvalue weighted by Crippen LogP contribution is 2.13. The molecule has 39 heavy (non-hydrogen) atoms. The van der Waals surface area contributed by atoms with E-state index >= 15 is 0 Å². The Morgan fingerprint density at radius 3 is 1.74 bits per heavy atom. The van der Waals surface area contributed by atoms with Gasteiger partial charge in [-0.25, -0.2) is 0 Å². The molecule has 2 unspecified atom stereocenters. The first-order valence-electron chi connectivity index (χ1n) is 15.8. The number of quaternary nitrogens is 1. The second kappa shape index (κ2) is 25.5. The van der Waals surface area contributed by atoms with Gasteiger partial charge in [-0.3, -0.25) is 4.79 Å². The third-order valence-corrected chi connectivity index (χ3v) is 7.13. The Labute approximate surface area is 239 Å². The first-order valence-corrected chi connectivity index (χ1v) is 15.8. The summed E-state index contributed by atoms with van der Waals surface area (Å²) in [7, 11) is 5.36. The lowest BCUT2D eigenvalue weighted by molar-refractivity contribution is -0.889. The standard InChI is InChI=1S/C32H61NO6/c1-5-6-7-8-9-10-11-12-13-14-15-16-17-18-19-20-21-22-23-24-31(35)39-28-29(34)27-38-26-25-30(32(36)37)33(2,3)4/h12-13,29-30,34H,5-11,14-28H2,1-4H3/b13-12-. The lowest BCUT2D eigenvalue weighted by atomic mass is 10.1. The lowest BCUT2D eigenvalue weighted by Crippen LogP contribution is -2.55. The number of carboxylic acids is 1. The first-order chi connectivity index (χ1) is 18.7. The number of esters is 1. The van der Waals surface area contributed by atoms with E-state index in [0.717, 1.165) is 19.3 Å². The molecule has 0 rings (SSSR count). The van der Waals surface area contributed by atoms with Crippen LogP contribution in [0.15, 0.2) is 12.2 Å². The molecule has 0 aliphatic carbocycles. The van der Waals surface area contributed by atoms with Crippen molar-refractivity contribution in [1.29, 1.82) is 0 Å². The summed E-state index contributed by atoms with van der Waals surface area (Å²) in [5, 5.41) is 21.2. The van der Waals surface area contributed by atoms with Crippen LogP contribution in [0.3, 0.4) is 0 Å². The molecular formula is C32H61NO6. The molecule has 0 saturated carbocycles. The Morgan fingerprint density at radius 2 is 1.26 bits per heavy atom. The molecule has 230 valence electrons. The predicted molar refractivity (Wildman–Crippen MR) is 157 cm³/mol. The van der Waals surface area contributed by atoms with Crippen molar-refractivity contribution in [3.8, 4) is 0 Å². The SMILES string of the molecule is CCCCCCCC/C=C\CCCCCCCCCCCC(=O)OCC(O)COCCC(C(=O)[O-])[N+](C)(C)C. The zero-order chi connectivity index (χ0) is 29.2. The summed E-state index contributed by atoms with van der Waals surface area (Å²) in [6, 6.07) is -0.683. The van der Waals surface area contributed by atoms with Gasteiger partial charge in [0.25, 0.3) is 0 Å². The van der Waals surface area contributed by atoms with E-state index in [1.165, 1.54) is 89.9 Å². The van der Waals surface area contributed by atoms with Crippen molar-refractivity contribution in [2.45, 2.75) is 141 Å². The predicted octanol–water partition coefficient (Wildman–Crippen LogP) is 5.72. The summed E-state index contributed by atoms with van der Waals surface area (Å²) in [5.41, 5.74) is 0. The van der Waals surface area contributed by atoms with Gasteiger partial charge < -0.3 is 29.0 Å². The van der Waals surface area contributed by atoms with Gasteiger partial charge in [0.1, 0.15) is 18.8 Å². The molecule has 0 aromatic carbocycles. The van der Waals surface area contributed by atoms with Crippen molar-refractivity contribution in [2.75, 3.05) is 41.0 Å². The van der Waals surface area contributed by atoms with E-state index in [9.17, 15) is 19.8 Å². The Bertz CT molecular complexity index is 616. The Kier molecular flexibility index (Phi) is 24.6. The highest BCUT2D eigenvalue weighted by molar-refractivity contribution is 5.69. The number of hydrogen-bond donors (Lipinski definition) is 1. The number of carboxylic acid groups (broad SMARTS) is 1. The zero-order valence-corrected chi connectivity index (χ0v) is 25.8. The number of ether oxygens (including phenoxy) is 2. The number of likely N-dealkylation sites (N-methyl/N-ethyl adjacent to an activating group) is 1. The number of allylic oxidation sites excluding steroid dienone is 2. The highest BCUT2D eigenvalue weighted by Gasteiger charge is 2.24.